The fourth-order valence-corrected chi connectivity index (χ4v) is 1.61. The number of ether oxygens (including phenoxy) is 2. The van der Waals surface area contributed by atoms with E-state index in [1.54, 1.807) is 0 Å². The van der Waals surface area contributed by atoms with Crippen LogP contribution >= 0.6 is 11.6 Å². The SMILES string of the molecule is NCCc1cc2c(cc1Cl)OC(F)(F)O2. The summed E-state index contributed by atoms with van der Waals surface area (Å²) in [5.74, 6) is -0.0568. The summed E-state index contributed by atoms with van der Waals surface area (Å²) < 4.78 is 33.9. The molecule has 6 heteroatoms. The lowest BCUT2D eigenvalue weighted by Gasteiger charge is -2.04. The molecule has 1 aliphatic rings. The zero-order valence-corrected chi connectivity index (χ0v) is 8.35. The molecule has 1 aliphatic heterocycles. The predicted octanol–water partition coefficient (Wildman–Crippen LogP) is 2.16. The van der Waals surface area contributed by atoms with Crippen LogP contribution < -0.4 is 15.2 Å². The molecule has 2 rings (SSSR count). The molecule has 3 nitrogen and oxygen atoms in total. The summed E-state index contributed by atoms with van der Waals surface area (Å²) in [5.41, 5.74) is 6.02. The molecule has 0 radical (unpaired) electrons. The molecule has 0 unspecified atom stereocenters. The van der Waals surface area contributed by atoms with Crippen LogP contribution in [0.25, 0.3) is 0 Å². The van der Waals surface area contributed by atoms with Crippen LogP contribution in [0.1, 0.15) is 5.56 Å². The van der Waals surface area contributed by atoms with E-state index in [0.29, 0.717) is 23.6 Å². The average molecular weight is 236 g/mol. The highest BCUT2D eigenvalue weighted by molar-refractivity contribution is 6.31. The Balaban J connectivity index is 2.36. The Morgan fingerprint density at radius 1 is 1.27 bits per heavy atom. The fourth-order valence-electron chi connectivity index (χ4n) is 1.36. The van der Waals surface area contributed by atoms with Gasteiger partial charge in [-0.3, -0.25) is 0 Å². The molecule has 0 fully saturated rings. The van der Waals surface area contributed by atoms with Gasteiger partial charge in [-0.25, -0.2) is 0 Å². The van der Waals surface area contributed by atoms with E-state index < -0.39 is 6.29 Å². The minimum absolute atomic E-state index is 0.00662. The van der Waals surface area contributed by atoms with Gasteiger partial charge in [0.2, 0.25) is 0 Å². The Bertz CT molecular complexity index is 398. The molecule has 15 heavy (non-hydrogen) atoms. The van der Waals surface area contributed by atoms with Gasteiger partial charge in [0, 0.05) is 11.1 Å². The van der Waals surface area contributed by atoms with Crippen LogP contribution in [0.4, 0.5) is 8.78 Å². The second-order valence-electron chi connectivity index (χ2n) is 3.10. The maximum Gasteiger partial charge on any atom is 0.586 e. The Morgan fingerprint density at radius 3 is 2.47 bits per heavy atom. The highest BCUT2D eigenvalue weighted by Gasteiger charge is 2.43. The predicted molar refractivity (Wildman–Crippen MR) is 50.4 cm³/mol. The quantitative estimate of drug-likeness (QED) is 0.854. The summed E-state index contributed by atoms with van der Waals surface area (Å²) in [4.78, 5) is 0. The minimum Gasteiger partial charge on any atom is -0.395 e. The highest BCUT2D eigenvalue weighted by Crippen LogP contribution is 2.43. The monoisotopic (exact) mass is 235 g/mol. The van der Waals surface area contributed by atoms with E-state index in [1.807, 2.05) is 0 Å². The zero-order chi connectivity index (χ0) is 11.1. The lowest BCUT2D eigenvalue weighted by atomic mass is 10.1. The first-order chi connectivity index (χ1) is 7.02. The van der Waals surface area contributed by atoms with E-state index in [4.69, 9.17) is 17.3 Å². The number of alkyl halides is 2. The van der Waals surface area contributed by atoms with Gasteiger partial charge >= 0.3 is 6.29 Å². The van der Waals surface area contributed by atoms with Crippen molar-refractivity contribution in [3.63, 3.8) is 0 Å². The van der Waals surface area contributed by atoms with E-state index in [1.165, 1.54) is 12.1 Å². The Hall–Kier alpha value is -1.07. The average Bonchev–Trinajstić information content (AvgIpc) is 2.39. The molecule has 0 atom stereocenters. The van der Waals surface area contributed by atoms with Gasteiger partial charge in [0.25, 0.3) is 0 Å². The molecule has 0 aromatic heterocycles. The van der Waals surface area contributed by atoms with Crippen molar-refractivity contribution in [1.29, 1.82) is 0 Å². The summed E-state index contributed by atoms with van der Waals surface area (Å²) in [6.45, 7) is 0.385. The molecule has 1 aromatic carbocycles. The topological polar surface area (TPSA) is 44.5 Å². The lowest BCUT2D eigenvalue weighted by Crippen LogP contribution is -2.25. The summed E-state index contributed by atoms with van der Waals surface area (Å²) in [7, 11) is 0. The number of fused-ring (bicyclic) bond motifs is 1. The van der Waals surface area contributed by atoms with Gasteiger partial charge in [-0.1, -0.05) is 11.6 Å². The molecule has 2 N–H and O–H groups in total. The normalized spacial score (nSPS) is 16.8. The maximum absolute atomic E-state index is 12.7. The van der Waals surface area contributed by atoms with Crippen molar-refractivity contribution in [1.82, 2.24) is 0 Å². The number of rotatable bonds is 2. The van der Waals surface area contributed by atoms with Crippen molar-refractivity contribution in [2.24, 2.45) is 5.73 Å². The van der Waals surface area contributed by atoms with E-state index in [0.717, 1.165) is 0 Å². The van der Waals surface area contributed by atoms with Crippen molar-refractivity contribution in [2.45, 2.75) is 12.7 Å². The van der Waals surface area contributed by atoms with E-state index in [2.05, 4.69) is 9.47 Å². The first kappa shape index (κ1) is 10.4. The summed E-state index contributed by atoms with van der Waals surface area (Å²) in [6.07, 6.45) is -3.10. The molecule has 0 amide bonds. The Morgan fingerprint density at radius 2 is 1.87 bits per heavy atom. The molecule has 0 saturated heterocycles. The minimum atomic E-state index is -3.60. The zero-order valence-electron chi connectivity index (χ0n) is 7.60. The molecule has 0 saturated carbocycles. The van der Waals surface area contributed by atoms with E-state index in [-0.39, 0.29) is 11.5 Å². The molecule has 82 valence electrons. The first-order valence-corrected chi connectivity index (χ1v) is 4.68. The Kier molecular flexibility index (Phi) is 2.44. The number of hydrogen-bond donors (Lipinski definition) is 1. The van der Waals surface area contributed by atoms with Crippen LogP contribution in [0, 0.1) is 0 Å². The van der Waals surface area contributed by atoms with Gasteiger partial charge in [-0.05, 0) is 24.6 Å². The summed E-state index contributed by atoms with van der Waals surface area (Å²) >= 11 is 5.84. The molecule has 0 spiro atoms. The molecule has 0 aliphatic carbocycles. The molecule has 1 aromatic rings. The largest absolute Gasteiger partial charge is 0.586 e. The van der Waals surface area contributed by atoms with Gasteiger partial charge in [-0.15, -0.1) is 8.78 Å². The molecular weight excluding hydrogens is 228 g/mol. The fraction of sp³-hybridized carbons (Fsp3) is 0.333. The molecule has 0 bridgehead atoms. The highest BCUT2D eigenvalue weighted by atomic mass is 35.5. The van der Waals surface area contributed by atoms with Gasteiger partial charge in [0.1, 0.15) is 0 Å². The molecular formula is C9H8ClF2NO2. The summed E-state index contributed by atoms with van der Waals surface area (Å²) in [5, 5.41) is 0.348. The second kappa shape index (κ2) is 3.50. The van der Waals surface area contributed by atoms with E-state index in [9.17, 15) is 8.78 Å². The van der Waals surface area contributed by atoms with Crippen molar-refractivity contribution in [3.05, 3.63) is 22.7 Å². The van der Waals surface area contributed by atoms with Crippen LogP contribution in [0.3, 0.4) is 0 Å². The van der Waals surface area contributed by atoms with Gasteiger partial charge < -0.3 is 15.2 Å². The van der Waals surface area contributed by atoms with Crippen LogP contribution in [-0.2, 0) is 6.42 Å². The number of nitrogens with two attached hydrogens (primary N) is 1. The van der Waals surface area contributed by atoms with Crippen LogP contribution in [0.5, 0.6) is 11.5 Å². The number of halogens is 3. The van der Waals surface area contributed by atoms with Crippen LogP contribution in [-0.4, -0.2) is 12.8 Å². The van der Waals surface area contributed by atoms with Gasteiger partial charge in [0.05, 0.1) is 0 Å². The maximum atomic E-state index is 12.7. The third-order valence-electron chi connectivity index (χ3n) is 1.98. The summed E-state index contributed by atoms with van der Waals surface area (Å²) in [6, 6.07) is 2.73. The standard InChI is InChI=1S/C9H8ClF2NO2/c10-6-4-8-7(3-5(6)1-2-13)14-9(11,12)15-8/h3-4H,1-2,13H2. The van der Waals surface area contributed by atoms with Crippen LogP contribution in [0.15, 0.2) is 12.1 Å². The second-order valence-corrected chi connectivity index (χ2v) is 3.50. The molecule has 1 heterocycles. The van der Waals surface area contributed by atoms with Crippen LogP contribution in [0.2, 0.25) is 5.02 Å². The van der Waals surface area contributed by atoms with Crippen molar-refractivity contribution < 1.29 is 18.3 Å². The number of benzene rings is 1. The van der Waals surface area contributed by atoms with Crippen molar-refractivity contribution in [2.75, 3.05) is 6.54 Å². The van der Waals surface area contributed by atoms with E-state index >= 15 is 0 Å². The number of hydrogen-bond acceptors (Lipinski definition) is 3. The Labute approximate surface area is 89.7 Å². The van der Waals surface area contributed by atoms with Crippen molar-refractivity contribution in [3.8, 4) is 11.5 Å². The van der Waals surface area contributed by atoms with Crippen molar-refractivity contribution >= 4 is 11.6 Å². The van der Waals surface area contributed by atoms with Gasteiger partial charge in [0.15, 0.2) is 11.5 Å². The third-order valence-corrected chi connectivity index (χ3v) is 2.34. The first-order valence-electron chi connectivity index (χ1n) is 4.30. The third kappa shape index (κ3) is 1.98. The smallest absolute Gasteiger partial charge is 0.395 e. The lowest BCUT2D eigenvalue weighted by molar-refractivity contribution is -0.286. The van der Waals surface area contributed by atoms with Gasteiger partial charge in [-0.2, -0.15) is 0 Å².